The number of nitrogens with one attached hydrogen (secondary N) is 2. The number of H-pyrrole nitrogens is 1. The molecule has 4 rings (SSSR count). The highest BCUT2D eigenvalue weighted by atomic mass is 28.3. The summed E-state index contributed by atoms with van der Waals surface area (Å²) in [5.74, 6) is 0.701. The summed E-state index contributed by atoms with van der Waals surface area (Å²) in [6.45, 7) is 8.21. The number of nitrogens with two attached hydrogens (primary N) is 1. The van der Waals surface area contributed by atoms with Gasteiger partial charge in [-0.25, -0.2) is 0 Å². The number of hydrogen-bond acceptors (Lipinski definition) is 6. The molecule has 0 saturated heterocycles. The first-order valence-electron chi connectivity index (χ1n) is 11.9. The van der Waals surface area contributed by atoms with Crippen molar-refractivity contribution >= 4 is 35.9 Å². The summed E-state index contributed by atoms with van der Waals surface area (Å²) in [7, 11) is -2.21. The minimum absolute atomic E-state index is 0.0386. The van der Waals surface area contributed by atoms with E-state index in [0.717, 1.165) is 12.5 Å². The van der Waals surface area contributed by atoms with Gasteiger partial charge in [-0.3, -0.25) is 9.78 Å². The second-order valence-electron chi connectivity index (χ2n) is 10.2. The van der Waals surface area contributed by atoms with Crippen molar-refractivity contribution in [1.82, 2.24) is 9.97 Å². The van der Waals surface area contributed by atoms with Crippen LogP contribution in [-0.4, -0.2) is 43.0 Å². The highest BCUT2D eigenvalue weighted by Crippen LogP contribution is 2.40. The van der Waals surface area contributed by atoms with E-state index < -0.39 is 8.07 Å². The van der Waals surface area contributed by atoms with E-state index in [4.69, 9.17) is 5.73 Å². The molecule has 5 N–H and O–H groups in total. The molecule has 1 aliphatic rings. The molecule has 3 aromatic rings. The van der Waals surface area contributed by atoms with Crippen molar-refractivity contribution in [2.45, 2.75) is 38.3 Å². The molecule has 7 nitrogen and oxygen atoms in total. The van der Waals surface area contributed by atoms with Gasteiger partial charge in [-0.05, 0) is 23.4 Å². The summed E-state index contributed by atoms with van der Waals surface area (Å²) in [5, 5.41) is 16.4. The monoisotopic (exact) mass is 477 g/mol. The summed E-state index contributed by atoms with van der Waals surface area (Å²) in [5.41, 5.74) is 5.96. The predicted molar refractivity (Wildman–Crippen MR) is 143 cm³/mol. The summed E-state index contributed by atoms with van der Waals surface area (Å²) in [6, 6.07) is 22.8. The molecule has 0 radical (unpaired) electrons. The fraction of sp³-hybridized carbons (Fsp3) is 0.385. The Hall–Kier alpha value is -3.10. The van der Waals surface area contributed by atoms with Gasteiger partial charge in [-0.2, -0.15) is 4.98 Å². The first-order chi connectivity index (χ1) is 16.3. The van der Waals surface area contributed by atoms with E-state index in [1.165, 1.54) is 10.4 Å². The molecular weight excluding hydrogens is 442 g/mol. The van der Waals surface area contributed by atoms with Crippen LogP contribution in [-0.2, 0) is 0 Å². The molecule has 1 aliphatic heterocycles. The van der Waals surface area contributed by atoms with E-state index in [0.29, 0.717) is 24.7 Å². The van der Waals surface area contributed by atoms with Gasteiger partial charge in [0.2, 0.25) is 5.95 Å². The Bertz CT molecular complexity index is 1120. The van der Waals surface area contributed by atoms with Crippen LogP contribution in [0.4, 0.5) is 17.5 Å². The average molecular weight is 478 g/mol. The Kier molecular flexibility index (Phi) is 6.81. The van der Waals surface area contributed by atoms with E-state index in [1.807, 2.05) is 4.90 Å². The predicted octanol–water partition coefficient (Wildman–Crippen LogP) is 2.60. The Labute approximate surface area is 202 Å². The first-order valence-corrected chi connectivity index (χ1v) is 14.1. The van der Waals surface area contributed by atoms with E-state index in [1.54, 1.807) is 0 Å². The van der Waals surface area contributed by atoms with Crippen LogP contribution in [0.1, 0.15) is 27.2 Å². The smallest absolute Gasteiger partial charge is 0.277 e. The fourth-order valence-corrected chi connectivity index (χ4v) is 11.1. The lowest BCUT2D eigenvalue weighted by molar-refractivity contribution is 0.224. The maximum absolute atomic E-state index is 12.2. The Morgan fingerprint density at radius 1 is 1.09 bits per heavy atom. The van der Waals surface area contributed by atoms with Gasteiger partial charge in [0.25, 0.3) is 5.56 Å². The van der Waals surface area contributed by atoms with Crippen molar-refractivity contribution in [2.24, 2.45) is 5.92 Å². The average Bonchev–Trinajstić information content (AvgIpc) is 3.22. The highest BCUT2D eigenvalue weighted by Gasteiger charge is 2.47. The molecule has 0 bridgehead atoms. The third-order valence-electron chi connectivity index (χ3n) is 7.14. The number of nitrogens with zero attached hydrogens (tertiary/aromatic N) is 2. The lowest BCUT2D eigenvalue weighted by Gasteiger charge is -2.45. The maximum Gasteiger partial charge on any atom is 0.277 e. The number of nitrogen functional groups attached to an aromatic ring is 1. The number of aliphatic hydroxyl groups is 1. The number of anilines is 3. The molecule has 34 heavy (non-hydrogen) atoms. The highest BCUT2D eigenvalue weighted by molar-refractivity contribution is 7.04. The van der Waals surface area contributed by atoms with Crippen molar-refractivity contribution in [3.05, 3.63) is 71.0 Å². The second kappa shape index (κ2) is 9.64. The van der Waals surface area contributed by atoms with Crippen LogP contribution < -0.4 is 31.9 Å². The third-order valence-corrected chi connectivity index (χ3v) is 13.4. The fourth-order valence-electron chi connectivity index (χ4n) is 5.38. The lowest BCUT2D eigenvalue weighted by Crippen LogP contribution is -2.64. The zero-order valence-electron chi connectivity index (χ0n) is 20.2. The van der Waals surface area contributed by atoms with Crippen molar-refractivity contribution < 1.29 is 5.11 Å². The van der Waals surface area contributed by atoms with Crippen LogP contribution in [0.2, 0.25) is 11.1 Å². The minimum atomic E-state index is -2.21. The maximum atomic E-state index is 12.2. The molecule has 2 heterocycles. The SMILES string of the molecule is CC(C)(C)[Si](CCC(CO)CN1CNc2c1nc(N)[nH]c2=O)(c1ccccc1)c1ccccc1. The van der Waals surface area contributed by atoms with Crippen LogP contribution in [0, 0.1) is 5.92 Å². The zero-order valence-corrected chi connectivity index (χ0v) is 21.2. The van der Waals surface area contributed by atoms with Gasteiger partial charge in [-0.15, -0.1) is 0 Å². The molecule has 0 aliphatic carbocycles. The molecular formula is C26H35N5O2Si. The van der Waals surface area contributed by atoms with Crippen molar-refractivity contribution in [1.29, 1.82) is 0 Å². The molecule has 0 fully saturated rings. The van der Waals surface area contributed by atoms with Gasteiger partial charge >= 0.3 is 0 Å². The minimum Gasteiger partial charge on any atom is -0.396 e. The lowest BCUT2D eigenvalue weighted by atomic mass is 10.1. The quantitative estimate of drug-likeness (QED) is 0.372. The third kappa shape index (κ3) is 4.47. The largest absolute Gasteiger partial charge is 0.396 e. The van der Waals surface area contributed by atoms with E-state index in [9.17, 15) is 9.90 Å². The normalized spacial score (nSPS) is 14.5. The van der Waals surface area contributed by atoms with Crippen LogP contribution in [0.5, 0.6) is 0 Å². The zero-order chi connectivity index (χ0) is 24.3. The van der Waals surface area contributed by atoms with Crippen LogP contribution >= 0.6 is 0 Å². The number of aliphatic hydroxyl groups excluding tert-OH is 1. The number of aromatic amines is 1. The molecule has 1 aromatic heterocycles. The molecule has 0 saturated carbocycles. The van der Waals surface area contributed by atoms with Crippen molar-refractivity contribution in [2.75, 3.05) is 35.8 Å². The number of rotatable bonds is 8. The van der Waals surface area contributed by atoms with Gasteiger partial charge in [0, 0.05) is 13.2 Å². The number of benzene rings is 2. The van der Waals surface area contributed by atoms with Gasteiger partial charge < -0.3 is 21.1 Å². The Morgan fingerprint density at radius 3 is 2.21 bits per heavy atom. The van der Waals surface area contributed by atoms with E-state index in [-0.39, 0.29) is 29.1 Å². The first kappa shape index (κ1) is 24.0. The van der Waals surface area contributed by atoms with Crippen LogP contribution in [0.15, 0.2) is 65.5 Å². The Balaban J connectivity index is 1.64. The summed E-state index contributed by atoms with van der Waals surface area (Å²) in [4.78, 5) is 21.1. The topological polar surface area (TPSA) is 107 Å². The molecule has 8 heteroatoms. The van der Waals surface area contributed by atoms with E-state index in [2.05, 4.69) is 96.7 Å². The molecule has 0 amide bonds. The molecule has 0 spiro atoms. The van der Waals surface area contributed by atoms with Gasteiger partial charge in [0.05, 0.1) is 6.67 Å². The number of fused-ring (bicyclic) bond motifs is 1. The summed E-state index contributed by atoms with van der Waals surface area (Å²) >= 11 is 0. The number of hydrogen-bond donors (Lipinski definition) is 4. The molecule has 2 aromatic carbocycles. The Morgan fingerprint density at radius 2 is 1.68 bits per heavy atom. The van der Waals surface area contributed by atoms with Gasteiger partial charge in [0.15, 0.2) is 5.82 Å². The summed E-state index contributed by atoms with van der Waals surface area (Å²) in [6.07, 6.45) is 0.869. The molecule has 180 valence electrons. The van der Waals surface area contributed by atoms with Crippen molar-refractivity contribution in [3.8, 4) is 0 Å². The van der Waals surface area contributed by atoms with Crippen LogP contribution in [0.3, 0.4) is 0 Å². The molecule has 1 unspecified atom stereocenters. The molecule has 1 atom stereocenters. The van der Waals surface area contributed by atoms with Crippen LogP contribution in [0.25, 0.3) is 0 Å². The van der Waals surface area contributed by atoms with Gasteiger partial charge in [-0.1, -0.05) is 91.8 Å². The van der Waals surface area contributed by atoms with Crippen molar-refractivity contribution in [3.63, 3.8) is 0 Å². The standard InChI is InChI=1S/C26H35N5O2Si/c1-26(2,3)34(20-10-6-4-7-11-20,21-12-8-5-9-13-21)15-14-19(17-32)16-31-18-28-22-23(31)29-25(27)30-24(22)33/h4-13,19,28,32H,14-18H2,1-3H3,(H3,27,29,30,33). The number of aromatic nitrogens is 2. The summed E-state index contributed by atoms with van der Waals surface area (Å²) < 4.78 is 0. The van der Waals surface area contributed by atoms with E-state index >= 15 is 0 Å². The van der Waals surface area contributed by atoms with Gasteiger partial charge in [0.1, 0.15) is 13.8 Å². The second-order valence-corrected chi connectivity index (χ2v) is 15.1.